The van der Waals surface area contributed by atoms with Crippen LogP contribution in [-0.2, 0) is 0 Å². The quantitative estimate of drug-likeness (QED) is 0.830. The Labute approximate surface area is 113 Å². The molecule has 0 saturated heterocycles. The van der Waals surface area contributed by atoms with Gasteiger partial charge in [0.2, 0.25) is 0 Å². The molecule has 1 aromatic rings. The highest BCUT2D eigenvalue weighted by Gasteiger charge is 2.09. The lowest BCUT2D eigenvalue weighted by Crippen LogP contribution is -2.26. The van der Waals surface area contributed by atoms with Gasteiger partial charge in [0.05, 0.1) is 5.56 Å². The minimum absolute atomic E-state index is 0.0218. The zero-order chi connectivity index (χ0) is 13.5. The lowest BCUT2D eigenvalue weighted by Gasteiger charge is -2.11. The Balaban J connectivity index is 2.66. The molecule has 0 atom stereocenters. The van der Waals surface area contributed by atoms with Crippen molar-refractivity contribution in [2.75, 3.05) is 26.9 Å². The molecule has 0 aromatic heterocycles. The summed E-state index contributed by atoms with van der Waals surface area (Å²) in [4.78, 5) is 15.0. The van der Waals surface area contributed by atoms with Crippen LogP contribution in [0.4, 0.5) is 0 Å². The third kappa shape index (κ3) is 4.45. The molecule has 4 heteroatoms. The van der Waals surface area contributed by atoms with E-state index < -0.39 is 0 Å². The van der Waals surface area contributed by atoms with Gasteiger partial charge in [-0.3, -0.25) is 4.79 Å². The van der Waals surface area contributed by atoms with Crippen LogP contribution in [0.15, 0.2) is 40.9 Å². The van der Waals surface area contributed by atoms with Gasteiger partial charge in [-0.25, -0.2) is 0 Å². The molecule has 1 N–H and O–H groups in total. The van der Waals surface area contributed by atoms with E-state index in [0.717, 1.165) is 16.0 Å². The van der Waals surface area contributed by atoms with Crippen molar-refractivity contribution in [2.45, 2.75) is 11.8 Å². The Morgan fingerprint density at radius 3 is 2.67 bits per heavy atom. The summed E-state index contributed by atoms with van der Waals surface area (Å²) in [5.41, 5.74) is 1.86. The smallest absolute Gasteiger partial charge is 0.252 e. The SMILES string of the molecule is CSc1ccccc1C(=O)NC/C(C)=C\N(C)C. The molecule has 0 fully saturated rings. The van der Waals surface area contributed by atoms with Crippen molar-refractivity contribution in [3.63, 3.8) is 0 Å². The molecule has 1 aromatic carbocycles. The van der Waals surface area contributed by atoms with Crippen molar-refractivity contribution in [3.8, 4) is 0 Å². The Kier molecular flexibility index (Phi) is 5.78. The van der Waals surface area contributed by atoms with Crippen LogP contribution in [0.2, 0.25) is 0 Å². The highest BCUT2D eigenvalue weighted by molar-refractivity contribution is 7.98. The number of thioether (sulfide) groups is 1. The fraction of sp³-hybridized carbons (Fsp3) is 0.357. The number of benzene rings is 1. The average Bonchev–Trinajstić information content (AvgIpc) is 2.35. The Morgan fingerprint density at radius 1 is 1.39 bits per heavy atom. The molecule has 0 aliphatic heterocycles. The Morgan fingerprint density at radius 2 is 2.06 bits per heavy atom. The number of carbonyl (C=O) groups is 1. The van der Waals surface area contributed by atoms with Crippen molar-refractivity contribution in [2.24, 2.45) is 0 Å². The van der Waals surface area contributed by atoms with Gasteiger partial charge in [0.25, 0.3) is 5.91 Å². The van der Waals surface area contributed by atoms with Crippen molar-refractivity contribution >= 4 is 17.7 Å². The minimum Gasteiger partial charge on any atom is -0.383 e. The Bertz CT molecular complexity index is 441. The molecule has 0 bridgehead atoms. The van der Waals surface area contributed by atoms with Crippen molar-refractivity contribution < 1.29 is 4.79 Å². The fourth-order valence-corrected chi connectivity index (χ4v) is 2.23. The van der Waals surface area contributed by atoms with E-state index in [0.29, 0.717) is 6.54 Å². The molecule has 0 unspecified atom stereocenters. The lowest BCUT2D eigenvalue weighted by atomic mass is 10.2. The Hall–Kier alpha value is -1.42. The summed E-state index contributed by atoms with van der Waals surface area (Å²) in [7, 11) is 3.93. The summed E-state index contributed by atoms with van der Waals surface area (Å²) < 4.78 is 0. The van der Waals surface area contributed by atoms with Gasteiger partial charge in [-0.05, 0) is 37.1 Å². The molecular formula is C14H20N2OS. The zero-order valence-corrected chi connectivity index (χ0v) is 12.2. The molecular weight excluding hydrogens is 244 g/mol. The molecule has 0 aliphatic rings. The van der Waals surface area contributed by atoms with Crippen LogP contribution in [0.25, 0.3) is 0 Å². The number of hydrogen-bond acceptors (Lipinski definition) is 3. The maximum absolute atomic E-state index is 12.0. The molecule has 0 radical (unpaired) electrons. The number of nitrogens with zero attached hydrogens (tertiary/aromatic N) is 1. The molecule has 18 heavy (non-hydrogen) atoms. The van der Waals surface area contributed by atoms with Crippen LogP contribution in [-0.4, -0.2) is 37.7 Å². The first kappa shape index (κ1) is 14.6. The molecule has 98 valence electrons. The number of hydrogen-bond donors (Lipinski definition) is 1. The number of amides is 1. The van der Waals surface area contributed by atoms with Crippen molar-refractivity contribution in [1.82, 2.24) is 10.2 Å². The highest BCUT2D eigenvalue weighted by atomic mass is 32.2. The number of nitrogens with one attached hydrogen (secondary N) is 1. The second kappa shape index (κ2) is 7.11. The van der Waals surface area contributed by atoms with Crippen LogP contribution in [0.5, 0.6) is 0 Å². The van der Waals surface area contributed by atoms with E-state index in [1.807, 2.05) is 62.6 Å². The largest absolute Gasteiger partial charge is 0.383 e. The van der Waals surface area contributed by atoms with E-state index in [4.69, 9.17) is 0 Å². The first-order valence-corrected chi connectivity index (χ1v) is 7.02. The van der Waals surface area contributed by atoms with Gasteiger partial charge in [0.15, 0.2) is 0 Å². The van der Waals surface area contributed by atoms with E-state index in [1.165, 1.54) is 0 Å². The molecule has 0 heterocycles. The van der Waals surface area contributed by atoms with Gasteiger partial charge in [-0.1, -0.05) is 12.1 Å². The fourth-order valence-electron chi connectivity index (χ4n) is 1.63. The van der Waals surface area contributed by atoms with E-state index in [2.05, 4.69) is 5.32 Å². The van der Waals surface area contributed by atoms with Crippen LogP contribution in [0, 0.1) is 0 Å². The van der Waals surface area contributed by atoms with Crippen molar-refractivity contribution in [3.05, 3.63) is 41.6 Å². The predicted molar refractivity (Wildman–Crippen MR) is 78.0 cm³/mol. The maximum Gasteiger partial charge on any atom is 0.252 e. The van der Waals surface area contributed by atoms with Crippen LogP contribution >= 0.6 is 11.8 Å². The summed E-state index contributed by atoms with van der Waals surface area (Å²) in [6, 6.07) is 7.64. The molecule has 0 spiro atoms. The summed E-state index contributed by atoms with van der Waals surface area (Å²) in [6.07, 6.45) is 3.98. The molecule has 3 nitrogen and oxygen atoms in total. The van der Waals surface area contributed by atoms with E-state index in [1.54, 1.807) is 11.8 Å². The molecule has 1 amide bonds. The average molecular weight is 264 g/mol. The first-order valence-electron chi connectivity index (χ1n) is 5.79. The number of carbonyl (C=O) groups excluding carboxylic acids is 1. The first-order chi connectivity index (χ1) is 8.54. The minimum atomic E-state index is -0.0218. The second-order valence-electron chi connectivity index (χ2n) is 4.32. The van der Waals surface area contributed by atoms with Crippen LogP contribution < -0.4 is 5.32 Å². The summed E-state index contributed by atoms with van der Waals surface area (Å²) >= 11 is 1.58. The second-order valence-corrected chi connectivity index (χ2v) is 5.17. The van der Waals surface area contributed by atoms with Gasteiger partial charge in [-0.2, -0.15) is 0 Å². The summed E-state index contributed by atoms with van der Waals surface area (Å²) in [5.74, 6) is -0.0218. The monoisotopic (exact) mass is 264 g/mol. The van der Waals surface area contributed by atoms with Gasteiger partial charge in [-0.15, -0.1) is 11.8 Å². The maximum atomic E-state index is 12.0. The van der Waals surface area contributed by atoms with Crippen LogP contribution in [0.3, 0.4) is 0 Å². The van der Waals surface area contributed by atoms with E-state index >= 15 is 0 Å². The van der Waals surface area contributed by atoms with E-state index in [-0.39, 0.29) is 5.91 Å². The van der Waals surface area contributed by atoms with Gasteiger partial charge < -0.3 is 10.2 Å². The summed E-state index contributed by atoms with van der Waals surface area (Å²) in [6.45, 7) is 2.57. The highest BCUT2D eigenvalue weighted by Crippen LogP contribution is 2.19. The topological polar surface area (TPSA) is 32.3 Å². The molecule has 0 saturated carbocycles. The van der Waals surface area contributed by atoms with Gasteiger partial charge >= 0.3 is 0 Å². The standard InChI is InChI=1S/C14H20N2OS/c1-11(10-16(2)3)9-15-14(17)12-7-5-6-8-13(12)18-4/h5-8,10H,9H2,1-4H3,(H,15,17)/b11-10-. The predicted octanol–water partition coefficient (Wildman–Crippen LogP) is 2.60. The lowest BCUT2D eigenvalue weighted by molar-refractivity contribution is 0.0954. The normalized spacial score (nSPS) is 11.2. The molecule has 1 rings (SSSR count). The summed E-state index contributed by atoms with van der Waals surface area (Å²) in [5, 5.41) is 2.93. The van der Waals surface area contributed by atoms with Gasteiger partial charge in [0, 0.05) is 25.5 Å². The van der Waals surface area contributed by atoms with Gasteiger partial charge in [0.1, 0.15) is 0 Å². The van der Waals surface area contributed by atoms with E-state index in [9.17, 15) is 4.79 Å². The third-order valence-electron chi connectivity index (χ3n) is 2.36. The molecule has 0 aliphatic carbocycles. The van der Waals surface area contributed by atoms with Crippen molar-refractivity contribution in [1.29, 1.82) is 0 Å². The number of rotatable bonds is 5. The zero-order valence-electron chi connectivity index (χ0n) is 11.4. The third-order valence-corrected chi connectivity index (χ3v) is 3.15. The van der Waals surface area contributed by atoms with Crippen LogP contribution in [0.1, 0.15) is 17.3 Å².